The first-order chi connectivity index (χ1) is 8.60. The third kappa shape index (κ3) is 2.94. The molecule has 0 saturated carbocycles. The SMILES string of the molecule is CCC(N)c1cn(Cc2cc(F)ccc2Br)nn1. The van der Waals surface area contributed by atoms with Crippen molar-refractivity contribution in [2.24, 2.45) is 5.73 Å². The average Bonchev–Trinajstić information content (AvgIpc) is 2.81. The minimum atomic E-state index is -0.265. The fourth-order valence-corrected chi connectivity index (χ4v) is 1.98. The van der Waals surface area contributed by atoms with Crippen LogP contribution in [0.4, 0.5) is 4.39 Å². The van der Waals surface area contributed by atoms with E-state index in [2.05, 4.69) is 26.2 Å². The first-order valence-corrected chi connectivity index (χ1v) is 6.49. The quantitative estimate of drug-likeness (QED) is 0.944. The van der Waals surface area contributed by atoms with Gasteiger partial charge in [0.15, 0.2) is 0 Å². The summed E-state index contributed by atoms with van der Waals surface area (Å²) in [5.41, 5.74) is 7.44. The van der Waals surface area contributed by atoms with Gasteiger partial charge in [0.1, 0.15) is 5.82 Å². The van der Waals surface area contributed by atoms with E-state index in [9.17, 15) is 4.39 Å². The Hall–Kier alpha value is -1.27. The number of halogens is 2. The molecule has 0 saturated heterocycles. The van der Waals surface area contributed by atoms with E-state index in [0.29, 0.717) is 6.54 Å². The van der Waals surface area contributed by atoms with Crippen LogP contribution in [-0.4, -0.2) is 15.0 Å². The second kappa shape index (κ2) is 5.58. The molecule has 0 amide bonds. The van der Waals surface area contributed by atoms with E-state index in [1.54, 1.807) is 16.9 Å². The predicted octanol–water partition coefficient (Wildman–Crippen LogP) is 2.64. The Morgan fingerprint density at radius 1 is 1.50 bits per heavy atom. The van der Waals surface area contributed by atoms with Crippen molar-refractivity contribution in [2.75, 3.05) is 0 Å². The van der Waals surface area contributed by atoms with Gasteiger partial charge in [-0.2, -0.15) is 0 Å². The molecule has 0 aliphatic heterocycles. The summed E-state index contributed by atoms with van der Waals surface area (Å²) in [4.78, 5) is 0. The molecule has 4 nitrogen and oxygen atoms in total. The summed E-state index contributed by atoms with van der Waals surface area (Å²) in [6.45, 7) is 2.45. The third-order valence-corrected chi connectivity index (χ3v) is 3.49. The summed E-state index contributed by atoms with van der Waals surface area (Å²) in [6.07, 6.45) is 2.61. The van der Waals surface area contributed by atoms with Gasteiger partial charge in [-0.1, -0.05) is 28.1 Å². The molecular weight excluding hydrogens is 299 g/mol. The number of hydrogen-bond acceptors (Lipinski definition) is 3. The molecule has 0 aliphatic rings. The maximum Gasteiger partial charge on any atom is 0.123 e. The van der Waals surface area contributed by atoms with Crippen LogP contribution in [0.2, 0.25) is 0 Å². The van der Waals surface area contributed by atoms with Crippen molar-refractivity contribution in [3.05, 3.63) is 45.9 Å². The maximum atomic E-state index is 13.2. The Balaban J connectivity index is 2.18. The summed E-state index contributed by atoms with van der Waals surface area (Å²) in [5.74, 6) is -0.265. The van der Waals surface area contributed by atoms with Gasteiger partial charge >= 0.3 is 0 Å². The van der Waals surface area contributed by atoms with Gasteiger partial charge in [0.05, 0.1) is 24.5 Å². The Morgan fingerprint density at radius 2 is 2.28 bits per heavy atom. The van der Waals surface area contributed by atoms with E-state index in [0.717, 1.165) is 22.2 Å². The molecule has 1 atom stereocenters. The van der Waals surface area contributed by atoms with Crippen molar-refractivity contribution < 1.29 is 4.39 Å². The summed E-state index contributed by atoms with van der Waals surface area (Å²) in [6, 6.07) is 4.47. The van der Waals surface area contributed by atoms with Crippen LogP contribution in [-0.2, 0) is 6.54 Å². The second-order valence-electron chi connectivity index (χ2n) is 4.09. The van der Waals surface area contributed by atoms with E-state index in [-0.39, 0.29) is 11.9 Å². The molecule has 6 heteroatoms. The van der Waals surface area contributed by atoms with Gasteiger partial charge in [-0.05, 0) is 30.2 Å². The number of nitrogens with zero attached hydrogens (tertiary/aromatic N) is 3. The van der Waals surface area contributed by atoms with Crippen LogP contribution in [0, 0.1) is 5.82 Å². The first kappa shape index (κ1) is 13.2. The van der Waals surface area contributed by atoms with Gasteiger partial charge in [0.25, 0.3) is 0 Å². The van der Waals surface area contributed by atoms with Crippen LogP contribution in [0.3, 0.4) is 0 Å². The van der Waals surface area contributed by atoms with Crippen molar-refractivity contribution in [3.8, 4) is 0 Å². The van der Waals surface area contributed by atoms with E-state index in [1.165, 1.54) is 12.1 Å². The zero-order valence-electron chi connectivity index (χ0n) is 9.98. The highest BCUT2D eigenvalue weighted by Crippen LogP contribution is 2.19. The molecule has 2 aromatic rings. The molecule has 0 fully saturated rings. The largest absolute Gasteiger partial charge is 0.323 e. The first-order valence-electron chi connectivity index (χ1n) is 5.69. The Bertz CT molecular complexity index is 541. The van der Waals surface area contributed by atoms with Crippen LogP contribution < -0.4 is 5.73 Å². The summed E-state index contributed by atoms with van der Waals surface area (Å²) >= 11 is 3.38. The van der Waals surface area contributed by atoms with Crippen LogP contribution >= 0.6 is 15.9 Å². The summed E-state index contributed by atoms with van der Waals surface area (Å²) < 4.78 is 15.7. The van der Waals surface area contributed by atoms with E-state index in [4.69, 9.17) is 5.73 Å². The molecule has 0 radical (unpaired) electrons. The molecule has 1 aromatic carbocycles. The molecule has 18 heavy (non-hydrogen) atoms. The average molecular weight is 313 g/mol. The highest BCUT2D eigenvalue weighted by Gasteiger charge is 2.09. The Morgan fingerprint density at radius 3 is 3.00 bits per heavy atom. The van der Waals surface area contributed by atoms with Crippen molar-refractivity contribution in [1.29, 1.82) is 0 Å². The van der Waals surface area contributed by atoms with Crippen LogP contribution in [0.5, 0.6) is 0 Å². The Labute approximate surface area is 113 Å². The standard InChI is InChI=1S/C12H14BrFN4/c1-2-11(15)12-7-18(17-16-12)6-8-5-9(14)3-4-10(8)13/h3-5,7,11H,2,6,15H2,1H3. The zero-order chi connectivity index (χ0) is 13.1. The molecule has 0 spiro atoms. The lowest BCUT2D eigenvalue weighted by Gasteiger charge is -2.04. The Kier molecular flexibility index (Phi) is 4.08. The van der Waals surface area contributed by atoms with Gasteiger partial charge in [-0.25, -0.2) is 9.07 Å². The number of rotatable bonds is 4. The normalized spacial score (nSPS) is 12.7. The third-order valence-electron chi connectivity index (χ3n) is 2.72. The lowest BCUT2D eigenvalue weighted by molar-refractivity contribution is 0.612. The number of nitrogens with two attached hydrogens (primary N) is 1. The smallest absolute Gasteiger partial charge is 0.123 e. The molecule has 2 N–H and O–H groups in total. The van der Waals surface area contributed by atoms with Crippen molar-refractivity contribution >= 4 is 15.9 Å². The predicted molar refractivity (Wildman–Crippen MR) is 70.4 cm³/mol. The number of aromatic nitrogens is 3. The van der Waals surface area contributed by atoms with Crippen molar-refractivity contribution in [1.82, 2.24) is 15.0 Å². The van der Waals surface area contributed by atoms with Crippen LogP contribution in [0.1, 0.15) is 30.6 Å². The molecule has 96 valence electrons. The van der Waals surface area contributed by atoms with E-state index >= 15 is 0 Å². The van der Waals surface area contributed by atoms with Gasteiger partial charge in [-0.15, -0.1) is 5.10 Å². The highest BCUT2D eigenvalue weighted by atomic mass is 79.9. The lowest BCUT2D eigenvalue weighted by Crippen LogP contribution is -2.08. The maximum absolute atomic E-state index is 13.2. The van der Waals surface area contributed by atoms with E-state index in [1.807, 2.05) is 6.92 Å². The second-order valence-corrected chi connectivity index (χ2v) is 4.95. The summed E-state index contributed by atoms with van der Waals surface area (Å²) in [7, 11) is 0. The summed E-state index contributed by atoms with van der Waals surface area (Å²) in [5, 5.41) is 8.01. The van der Waals surface area contributed by atoms with E-state index < -0.39 is 0 Å². The molecule has 1 unspecified atom stereocenters. The molecule has 2 rings (SSSR count). The highest BCUT2D eigenvalue weighted by molar-refractivity contribution is 9.10. The monoisotopic (exact) mass is 312 g/mol. The fraction of sp³-hybridized carbons (Fsp3) is 0.333. The zero-order valence-corrected chi connectivity index (χ0v) is 11.6. The minimum absolute atomic E-state index is 0.102. The van der Waals surface area contributed by atoms with Crippen molar-refractivity contribution in [2.45, 2.75) is 25.9 Å². The molecule has 0 bridgehead atoms. The molecule has 1 heterocycles. The lowest BCUT2D eigenvalue weighted by atomic mass is 10.2. The molecule has 0 aliphatic carbocycles. The fourth-order valence-electron chi connectivity index (χ4n) is 1.61. The molecular formula is C12H14BrFN4. The number of benzene rings is 1. The van der Waals surface area contributed by atoms with Crippen LogP contribution in [0.25, 0.3) is 0 Å². The van der Waals surface area contributed by atoms with Crippen LogP contribution in [0.15, 0.2) is 28.9 Å². The number of hydrogen-bond donors (Lipinski definition) is 1. The van der Waals surface area contributed by atoms with Gasteiger partial charge in [0.2, 0.25) is 0 Å². The molecule has 1 aromatic heterocycles. The van der Waals surface area contributed by atoms with Crippen molar-refractivity contribution in [3.63, 3.8) is 0 Å². The van der Waals surface area contributed by atoms with Gasteiger partial charge in [0, 0.05) is 4.47 Å². The topological polar surface area (TPSA) is 56.7 Å². The minimum Gasteiger partial charge on any atom is -0.323 e. The van der Waals surface area contributed by atoms with Gasteiger partial charge in [-0.3, -0.25) is 0 Å². The van der Waals surface area contributed by atoms with Gasteiger partial charge < -0.3 is 5.73 Å².